The molecule has 5 nitrogen and oxygen atoms in total. The first-order valence-electron chi connectivity index (χ1n) is 7.93. The van der Waals surface area contributed by atoms with Crippen LogP contribution >= 0.6 is 11.6 Å². The summed E-state index contributed by atoms with van der Waals surface area (Å²) in [6, 6.07) is 12.9. The number of benzene rings is 2. The van der Waals surface area contributed by atoms with Crippen molar-refractivity contribution in [1.29, 1.82) is 0 Å². The molecule has 0 aliphatic heterocycles. The van der Waals surface area contributed by atoms with Gasteiger partial charge in [-0.1, -0.05) is 29.8 Å². The summed E-state index contributed by atoms with van der Waals surface area (Å²) in [5.41, 5.74) is 2.61. The van der Waals surface area contributed by atoms with Gasteiger partial charge in [0.1, 0.15) is 12.2 Å². The Hall–Kier alpha value is -2.53. The fourth-order valence-electron chi connectivity index (χ4n) is 2.32. The number of carbonyl (C=O) groups excluding carboxylic acids is 2. The zero-order chi connectivity index (χ0) is 18.2. The van der Waals surface area contributed by atoms with Crippen molar-refractivity contribution >= 4 is 29.1 Å². The smallest absolute Gasteiger partial charge is 0.233 e. The SMILES string of the molecule is COc1ccc(C)cc1NC(=O)CC(=O)NCCc1ccc(Cl)cc1. The lowest BCUT2D eigenvalue weighted by atomic mass is 10.1. The molecule has 2 rings (SSSR count). The summed E-state index contributed by atoms with van der Waals surface area (Å²) in [5.74, 6) is -0.145. The molecule has 2 amide bonds. The van der Waals surface area contributed by atoms with Gasteiger partial charge >= 0.3 is 0 Å². The predicted octanol–water partition coefficient (Wildman–Crippen LogP) is 3.34. The first-order chi connectivity index (χ1) is 12.0. The Morgan fingerprint density at radius 3 is 2.48 bits per heavy atom. The molecule has 0 saturated carbocycles. The normalized spacial score (nSPS) is 10.2. The van der Waals surface area contributed by atoms with E-state index in [4.69, 9.17) is 16.3 Å². The van der Waals surface area contributed by atoms with Crippen LogP contribution in [0, 0.1) is 6.92 Å². The molecule has 0 saturated heterocycles. The first-order valence-corrected chi connectivity index (χ1v) is 8.31. The van der Waals surface area contributed by atoms with Crippen LogP contribution in [0.5, 0.6) is 5.75 Å². The highest BCUT2D eigenvalue weighted by molar-refractivity contribution is 6.30. The Labute approximate surface area is 152 Å². The lowest BCUT2D eigenvalue weighted by molar-refractivity contribution is -0.126. The molecule has 0 unspecified atom stereocenters. The lowest BCUT2D eigenvalue weighted by Crippen LogP contribution is -2.29. The summed E-state index contributed by atoms with van der Waals surface area (Å²) in [7, 11) is 1.53. The molecule has 0 spiro atoms. The van der Waals surface area contributed by atoms with Gasteiger partial charge in [0.05, 0.1) is 12.8 Å². The highest BCUT2D eigenvalue weighted by Crippen LogP contribution is 2.25. The van der Waals surface area contributed by atoms with Crippen molar-refractivity contribution in [2.75, 3.05) is 19.0 Å². The van der Waals surface area contributed by atoms with Crippen molar-refractivity contribution in [2.24, 2.45) is 0 Å². The van der Waals surface area contributed by atoms with Crippen LogP contribution in [0.1, 0.15) is 17.5 Å². The Morgan fingerprint density at radius 1 is 1.08 bits per heavy atom. The van der Waals surface area contributed by atoms with E-state index in [1.54, 1.807) is 24.3 Å². The second-order valence-corrected chi connectivity index (χ2v) is 6.09. The number of hydrogen-bond donors (Lipinski definition) is 2. The number of aryl methyl sites for hydroxylation is 1. The van der Waals surface area contributed by atoms with E-state index in [2.05, 4.69) is 10.6 Å². The maximum absolute atomic E-state index is 12.0. The van der Waals surface area contributed by atoms with Gasteiger partial charge in [0.15, 0.2) is 0 Å². The minimum absolute atomic E-state index is 0.238. The molecule has 0 bridgehead atoms. The number of rotatable bonds is 7. The standard InChI is InChI=1S/C19H21ClN2O3/c1-13-3-8-17(25-2)16(11-13)22-19(24)12-18(23)21-10-9-14-4-6-15(20)7-5-14/h3-8,11H,9-10,12H2,1-2H3,(H,21,23)(H,22,24). The molecule has 0 radical (unpaired) electrons. The van der Waals surface area contributed by atoms with Gasteiger partial charge in [0.25, 0.3) is 0 Å². The fourth-order valence-corrected chi connectivity index (χ4v) is 2.45. The van der Waals surface area contributed by atoms with Crippen molar-refractivity contribution in [3.8, 4) is 5.75 Å². The quantitative estimate of drug-likeness (QED) is 0.744. The minimum atomic E-state index is -0.382. The van der Waals surface area contributed by atoms with E-state index < -0.39 is 0 Å². The van der Waals surface area contributed by atoms with Gasteiger partial charge in [-0.2, -0.15) is 0 Å². The van der Waals surface area contributed by atoms with Crippen molar-refractivity contribution in [3.63, 3.8) is 0 Å². The molecule has 0 aromatic heterocycles. The molecule has 0 aliphatic carbocycles. The van der Waals surface area contributed by atoms with E-state index in [0.717, 1.165) is 11.1 Å². The van der Waals surface area contributed by atoms with Crippen LogP contribution in [0.25, 0.3) is 0 Å². The third-order valence-corrected chi connectivity index (χ3v) is 3.85. The molecular weight excluding hydrogens is 340 g/mol. The van der Waals surface area contributed by atoms with E-state index in [1.165, 1.54) is 7.11 Å². The van der Waals surface area contributed by atoms with Gasteiger partial charge < -0.3 is 15.4 Å². The molecule has 2 N–H and O–H groups in total. The van der Waals surface area contributed by atoms with Crippen molar-refractivity contribution in [3.05, 3.63) is 58.6 Å². The average Bonchev–Trinajstić information content (AvgIpc) is 2.57. The van der Waals surface area contributed by atoms with Gasteiger partial charge in [-0.25, -0.2) is 0 Å². The van der Waals surface area contributed by atoms with Gasteiger partial charge in [0.2, 0.25) is 11.8 Å². The highest BCUT2D eigenvalue weighted by atomic mass is 35.5. The first kappa shape index (κ1) is 18.8. The zero-order valence-electron chi connectivity index (χ0n) is 14.3. The molecule has 2 aromatic rings. The molecule has 132 valence electrons. The maximum atomic E-state index is 12.0. The van der Waals surface area contributed by atoms with Crippen LogP contribution in [0.2, 0.25) is 5.02 Å². The van der Waals surface area contributed by atoms with Crippen LogP contribution in [0.4, 0.5) is 5.69 Å². The fraction of sp³-hybridized carbons (Fsp3) is 0.263. The van der Waals surface area contributed by atoms with Crippen molar-refractivity contribution in [1.82, 2.24) is 5.32 Å². The number of ether oxygens (including phenoxy) is 1. The van der Waals surface area contributed by atoms with Crippen LogP contribution in [0.15, 0.2) is 42.5 Å². The molecule has 0 heterocycles. The summed E-state index contributed by atoms with van der Waals surface area (Å²) in [4.78, 5) is 23.9. The van der Waals surface area contributed by atoms with E-state index in [-0.39, 0.29) is 18.2 Å². The third-order valence-electron chi connectivity index (χ3n) is 3.60. The Balaban J connectivity index is 1.79. The van der Waals surface area contributed by atoms with Crippen LogP contribution < -0.4 is 15.4 Å². The van der Waals surface area contributed by atoms with E-state index in [1.807, 2.05) is 25.1 Å². The molecule has 2 aromatic carbocycles. The van der Waals surface area contributed by atoms with Crippen LogP contribution in [0.3, 0.4) is 0 Å². The number of carbonyl (C=O) groups is 2. The molecule has 6 heteroatoms. The number of nitrogens with one attached hydrogen (secondary N) is 2. The number of anilines is 1. The van der Waals surface area contributed by atoms with Crippen LogP contribution in [-0.2, 0) is 16.0 Å². The second-order valence-electron chi connectivity index (χ2n) is 5.66. The van der Waals surface area contributed by atoms with Crippen LogP contribution in [-0.4, -0.2) is 25.5 Å². The second kappa shape index (κ2) is 9.08. The summed E-state index contributed by atoms with van der Waals surface area (Å²) < 4.78 is 5.20. The lowest BCUT2D eigenvalue weighted by Gasteiger charge is -2.11. The Bertz CT molecular complexity index is 745. The number of hydrogen-bond acceptors (Lipinski definition) is 3. The van der Waals surface area contributed by atoms with E-state index >= 15 is 0 Å². The molecule has 0 fully saturated rings. The van der Waals surface area contributed by atoms with Gasteiger partial charge in [0, 0.05) is 11.6 Å². The minimum Gasteiger partial charge on any atom is -0.495 e. The monoisotopic (exact) mass is 360 g/mol. The zero-order valence-corrected chi connectivity index (χ0v) is 15.0. The Morgan fingerprint density at radius 2 is 1.80 bits per heavy atom. The highest BCUT2D eigenvalue weighted by Gasteiger charge is 2.12. The largest absolute Gasteiger partial charge is 0.495 e. The molecule has 25 heavy (non-hydrogen) atoms. The molecular formula is C19H21ClN2O3. The predicted molar refractivity (Wildman–Crippen MR) is 99.1 cm³/mol. The maximum Gasteiger partial charge on any atom is 0.233 e. The van der Waals surface area contributed by atoms with Gasteiger partial charge in [-0.15, -0.1) is 0 Å². The summed E-state index contributed by atoms with van der Waals surface area (Å²) in [6.45, 7) is 2.38. The Kier molecular flexibility index (Phi) is 6.83. The third kappa shape index (κ3) is 6.12. The molecule has 0 aliphatic rings. The number of methoxy groups -OCH3 is 1. The van der Waals surface area contributed by atoms with Crippen molar-refractivity contribution in [2.45, 2.75) is 19.8 Å². The summed E-state index contributed by atoms with van der Waals surface area (Å²) in [5, 5.41) is 6.12. The summed E-state index contributed by atoms with van der Waals surface area (Å²) in [6.07, 6.45) is 0.438. The van der Waals surface area contributed by atoms with Crippen molar-refractivity contribution < 1.29 is 14.3 Å². The molecule has 0 atom stereocenters. The summed E-state index contributed by atoms with van der Waals surface area (Å²) >= 11 is 5.83. The van der Waals surface area contributed by atoms with Gasteiger partial charge in [-0.3, -0.25) is 9.59 Å². The number of amides is 2. The van der Waals surface area contributed by atoms with E-state index in [9.17, 15) is 9.59 Å². The van der Waals surface area contributed by atoms with Gasteiger partial charge in [-0.05, 0) is 48.7 Å². The van der Waals surface area contributed by atoms with E-state index in [0.29, 0.717) is 29.4 Å². The number of halogens is 1. The topological polar surface area (TPSA) is 67.4 Å². The average molecular weight is 361 g/mol.